The number of rotatable bonds is 1. The van der Waals surface area contributed by atoms with Crippen LogP contribution >= 0.6 is 11.6 Å². The van der Waals surface area contributed by atoms with E-state index in [2.05, 4.69) is 0 Å². The van der Waals surface area contributed by atoms with Crippen LogP contribution in [-0.2, 0) is 5.86 Å². The van der Waals surface area contributed by atoms with Crippen LogP contribution in [-0.4, -0.2) is 0 Å². The molecule has 0 spiro atoms. The Morgan fingerprint density at radius 1 is 1.38 bits per heavy atom. The van der Waals surface area contributed by atoms with Gasteiger partial charge in [0.05, 0.1) is 0 Å². The summed E-state index contributed by atoms with van der Waals surface area (Å²) in [7, 11) is 0. The third-order valence-corrected chi connectivity index (χ3v) is 1.18. The van der Waals surface area contributed by atoms with Gasteiger partial charge in [-0.15, -0.1) is 11.6 Å². The van der Waals surface area contributed by atoms with E-state index >= 15 is 0 Å². The van der Waals surface area contributed by atoms with E-state index in [4.69, 9.17) is 13.0 Å². The van der Waals surface area contributed by atoms with Gasteiger partial charge in [0.15, 0.2) is 0 Å². The number of halogens is 1. The molecule has 0 aliphatic carbocycles. The molecular weight excluding hydrogens is 120 g/mol. The van der Waals surface area contributed by atoms with Crippen molar-refractivity contribution in [1.82, 2.24) is 0 Å². The van der Waals surface area contributed by atoms with Crippen LogP contribution < -0.4 is 0 Å². The van der Waals surface area contributed by atoms with Gasteiger partial charge in [-0.25, -0.2) is 0 Å². The first-order valence-electron chi connectivity index (χ1n) is 2.99. The fourth-order valence-electron chi connectivity index (χ4n) is 0.526. The zero-order chi connectivity index (χ0) is 6.69. The topological polar surface area (TPSA) is 0 Å². The van der Waals surface area contributed by atoms with Crippen LogP contribution in [0.15, 0.2) is 30.3 Å². The van der Waals surface area contributed by atoms with Crippen molar-refractivity contribution in [3.05, 3.63) is 35.9 Å². The van der Waals surface area contributed by atoms with Crippen molar-refractivity contribution < 1.29 is 1.37 Å². The highest BCUT2D eigenvalue weighted by molar-refractivity contribution is 6.17. The lowest BCUT2D eigenvalue weighted by atomic mass is 10.2. The average molecular weight is 128 g/mol. The zero-order valence-electron chi connectivity index (χ0n) is 5.34. The predicted octanol–water partition coefficient (Wildman–Crippen LogP) is 2.43. The minimum Gasteiger partial charge on any atom is -0.122 e. The second-order valence-electron chi connectivity index (χ2n) is 1.52. The van der Waals surface area contributed by atoms with Crippen LogP contribution in [0, 0.1) is 0 Å². The maximum absolute atomic E-state index is 7.08. The number of hydrogen-bond acceptors (Lipinski definition) is 0. The first-order valence-corrected chi connectivity index (χ1v) is 2.85. The molecule has 0 saturated carbocycles. The summed E-state index contributed by atoms with van der Waals surface area (Å²) < 4.78 is 7.08. The van der Waals surface area contributed by atoms with Crippen LogP contribution in [0.1, 0.15) is 6.93 Å². The van der Waals surface area contributed by atoms with Gasteiger partial charge in [0.25, 0.3) is 0 Å². The van der Waals surface area contributed by atoms with Crippen LogP contribution in [0.25, 0.3) is 0 Å². The van der Waals surface area contributed by atoms with E-state index in [1.807, 2.05) is 30.3 Å². The lowest BCUT2D eigenvalue weighted by Crippen LogP contribution is -1.71. The molecule has 1 aromatic carbocycles. The van der Waals surface area contributed by atoms with Gasteiger partial charge in [0.1, 0.15) is 0 Å². The van der Waals surface area contributed by atoms with Gasteiger partial charge in [0.2, 0.25) is 0 Å². The number of hydrogen-bond donors (Lipinski definition) is 0. The van der Waals surface area contributed by atoms with Gasteiger partial charge in [0, 0.05) is 7.23 Å². The van der Waals surface area contributed by atoms with E-state index in [1.165, 1.54) is 0 Å². The smallest absolute Gasteiger partial charge is 0.0486 e. The molecule has 0 fully saturated rings. The van der Waals surface area contributed by atoms with E-state index in [0.717, 1.165) is 5.56 Å². The largest absolute Gasteiger partial charge is 0.122 e. The molecule has 0 aliphatic heterocycles. The third kappa shape index (κ3) is 1.24. The van der Waals surface area contributed by atoms with E-state index in [-0.39, 0.29) is 0 Å². The van der Waals surface area contributed by atoms with E-state index in [9.17, 15) is 0 Å². The maximum atomic E-state index is 7.08. The van der Waals surface area contributed by atoms with Gasteiger partial charge >= 0.3 is 0 Å². The first-order chi connectivity index (χ1) is 4.30. The molecule has 0 unspecified atom stereocenters. The fourth-order valence-corrected chi connectivity index (χ4v) is 0.671. The lowest BCUT2D eigenvalue weighted by molar-refractivity contribution is 1.41. The van der Waals surface area contributed by atoms with Crippen molar-refractivity contribution in [2.75, 3.05) is 0 Å². The zero-order valence-corrected chi connectivity index (χ0v) is 5.10. The van der Waals surface area contributed by atoms with Gasteiger partial charge < -0.3 is 0 Å². The highest BCUT2D eigenvalue weighted by atomic mass is 35.5. The van der Waals surface area contributed by atoms with Gasteiger partial charge in [-0.2, -0.15) is 0 Å². The summed E-state index contributed by atoms with van der Waals surface area (Å²) in [6.45, 7) is 0. The van der Waals surface area contributed by atoms with Gasteiger partial charge in [-0.3, -0.25) is 0 Å². The Hall–Kier alpha value is -0.490. The summed E-state index contributed by atoms with van der Waals surface area (Å²) in [6.07, 6.45) is 0. The van der Waals surface area contributed by atoms with Crippen LogP contribution in [0.2, 0.25) is 0 Å². The minimum atomic E-state index is -0.619. The molecule has 0 nitrogen and oxygen atoms in total. The van der Waals surface area contributed by atoms with Crippen LogP contribution in [0.5, 0.6) is 0 Å². The molecule has 1 heteroatoms. The Bertz CT molecular complexity index is 172. The molecule has 0 N–H and O–H groups in total. The molecule has 0 bridgehead atoms. The van der Waals surface area contributed by atoms with Gasteiger partial charge in [-0.05, 0) is 5.56 Å². The van der Waals surface area contributed by atoms with Crippen molar-refractivity contribution in [3.8, 4) is 0 Å². The molecule has 0 aliphatic rings. The van der Waals surface area contributed by atoms with Crippen LogP contribution in [0.4, 0.5) is 0 Å². The Labute approximate surface area is 55.5 Å². The molecular formula is C7H7Cl. The maximum Gasteiger partial charge on any atom is 0.0486 e. The second kappa shape index (κ2) is 2.73. The first kappa shape index (κ1) is 4.39. The Kier molecular flexibility index (Phi) is 1.50. The van der Waals surface area contributed by atoms with E-state index in [0.29, 0.717) is 0 Å². The Morgan fingerprint density at radius 2 is 2.00 bits per heavy atom. The fraction of sp³-hybridized carbons (Fsp3) is 0.143. The molecule has 42 valence electrons. The molecule has 0 amide bonds. The standard InChI is InChI=1S/C7H7Cl/c8-6-7-4-2-1-3-5-7/h1-5H,6H2/i6D/t6-/m0/s1. The molecule has 1 rings (SSSR count). The normalized spacial score (nSPS) is 14.9. The van der Waals surface area contributed by atoms with Crippen molar-refractivity contribution in [3.63, 3.8) is 0 Å². The minimum absolute atomic E-state index is 0.619. The Morgan fingerprint density at radius 3 is 2.38 bits per heavy atom. The molecule has 8 heavy (non-hydrogen) atoms. The Balaban J connectivity index is 2.85. The van der Waals surface area contributed by atoms with Crippen LogP contribution in [0.3, 0.4) is 0 Å². The SMILES string of the molecule is [2H][C@H](Cl)c1ccccc1. The highest BCUT2D eigenvalue weighted by Gasteiger charge is 1.81. The predicted molar refractivity (Wildman–Crippen MR) is 36.0 cm³/mol. The third-order valence-electron chi connectivity index (χ3n) is 0.926. The lowest BCUT2D eigenvalue weighted by Gasteiger charge is -1.88. The van der Waals surface area contributed by atoms with Crippen molar-refractivity contribution in [2.45, 2.75) is 5.86 Å². The monoisotopic (exact) mass is 127 g/mol. The summed E-state index contributed by atoms with van der Waals surface area (Å²) in [5.74, 6) is -0.619. The van der Waals surface area contributed by atoms with Crippen molar-refractivity contribution >= 4 is 11.6 Å². The summed E-state index contributed by atoms with van der Waals surface area (Å²) in [5, 5.41) is 0. The summed E-state index contributed by atoms with van der Waals surface area (Å²) >= 11 is 5.47. The average Bonchev–Trinajstić information content (AvgIpc) is 1.90. The van der Waals surface area contributed by atoms with E-state index < -0.39 is 5.86 Å². The molecule has 0 heterocycles. The molecule has 1 aromatic rings. The van der Waals surface area contributed by atoms with Crippen molar-refractivity contribution in [2.24, 2.45) is 0 Å². The summed E-state index contributed by atoms with van der Waals surface area (Å²) in [5.41, 5.74) is 0.846. The number of alkyl halides is 1. The quantitative estimate of drug-likeness (QED) is 0.509. The molecule has 0 saturated heterocycles. The molecule has 0 aromatic heterocycles. The van der Waals surface area contributed by atoms with Crippen molar-refractivity contribution in [1.29, 1.82) is 0 Å². The molecule has 0 radical (unpaired) electrons. The number of benzene rings is 1. The summed E-state index contributed by atoms with van der Waals surface area (Å²) in [4.78, 5) is 0. The molecule has 1 atom stereocenters. The highest BCUT2D eigenvalue weighted by Crippen LogP contribution is 2.00. The second-order valence-corrected chi connectivity index (χ2v) is 1.74. The summed E-state index contributed by atoms with van der Waals surface area (Å²) in [6, 6.07) is 9.33. The van der Waals surface area contributed by atoms with Gasteiger partial charge in [-0.1, -0.05) is 30.3 Å². The van der Waals surface area contributed by atoms with E-state index in [1.54, 1.807) is 0 Å².